The van der Waals surface area contributed by atoms with Crippen LogP contribution >= 0.6 is 0 Å². The zero-order valence-electron chi connectivity index (χ0n) is 21.4. The van der Waals surface area contributed by atoms with Crippen LogP contribution in [-0.4, -0.2) is 88.9 Å². The first-order valence-corrected chi connectivity index (χ1v) is 12.8. The maximum atomic E-state index is 12.5. The molecule has 1 unspecified atom stereocenters. The van der Waals surface area contributed by atoms with E-state index in [1.165, 1.54) is 4.90 Å². The quantitative estimate of drug-likeness (QED) is 0.387. The summed E-state index contributed by atoms with van der Waals surface area (Å²) in [5, 5.41) is 6.05. The smallest absolute Gasteiger partial charge is 0.415 e. The Balaban J connectivity index is 0.996. The second kappa shape index (κ2) is 10.8. The van der Waals surface area contributed by atoms with Crippen molar-refractivity contribution in [3.05, 3.63) is 48.4 Å². The Morgan fingerprint density at radius 1 is 1.13 bits per heavy atom. The molecule has 13 heteroatoms. The summed E-state index contributed by atoms with van der Waals surface area (Å²) in [7, 11) is 2.05. The molecule has 0 bridgehead atoms. The average Bonchev–Trinajstić information content (AvgIpc) is 3.30. The standard InChI is InChI=1S/C26H28N8O5/c1-33-12-18(13-33)38-24-11-28-10-20(30-24)19-8-16(4-7-29-19)9-27-6-5-17-14-34(26(36)39-17)22-3-2-21-25(31-22)32-23(35)15-37-21/h2-4,7-8,10-11,17-18,27H,5-6,9,12-15H2,1H3,(H,31,32,35). The third kappa shape index (κ3) is 5.73. The number of nitrogens with one attached hydrogen (secondary N) is 2. The summed E-state index contributed by atoms with van der Waals surface area (Å²) < 4.78 is 16.7. The Kier molecular flexibility index (Phi) is 6.90. The highest BCUT2D eigenvalue weighted by Gasteiger charge is 2.33. The molecular formula is C26H28N8O5. The van der Waals surface area contributed by atoms with Crippen LogP contribution in [0.15, 0.2) is 42.9 Å². The molecule has 2 saturated heterocycles. The zero-order chi connectivity index (χ0) is 26.8. The van der Waals surface area contributed by atoms with Gasteiger partial charge in [-0.25, -0.2) is 14.8 Å². The molecule has 2 fully saturated rings. The first kappa shape index (κ1) is 24.9. The summed E-state index contributed by atoms with van der Waals surface area (Å²) in [6, 6.07) is 7.27. The van der Waals surface area contributed by atoms with Crippen molar-refractivity contribution in [2.24, 2.45) is 0 Å². The van der Waals surface area contributed by atoms with Gasteiger partial charge in [0.25, 0.3) is 5.91 Å². The van der Waals surface area contributed by atoms with Gasteiger partial charge in [0.15, 0.2) is 18.2 Å². The number of cyclic esters (lactones) is 1. The van der Waals surface area contributed by atoms with Gasteiger partial charge in [-0.3, -0.25) is 24.6 Å². The summed E-state index contributed by atoms with van der Waals surface area (Å²) in [6.07, 6.45) is 5.07. The van der Waals surface area contributed by atoms with Crippen molar-refractivity contribution >= 4 is 23.6 Å². The van der Waals surface area contributed by atoms with E-state index in [2.05, 4.69) is 35.5 Å². The number of aromatic nitrogens is 4. The second-order valence-corrected chi connectivity index (χ2v) is 9.69. The third-order valence-electron chi connectivity index (χ3n) is 6.60. The predicted octanol–water partition coefficient (Wildman–Crippen LogP) is 1.46. The lowest BCUT2D eigenvalue weighted by Gasteiger charge is -2.35. The number of anilines is 2. The number of rotatable bonds is 9. The normalized spacial score (nSPS) is 19.1. The highest BCUT2D eigenvalue weighted by atomic mass is 16.6. The van der Waals surface area contributed by atoms with Crippen molar-refractivity contribution in [1.29, 1.82) is 0 Å². The highest BCUT2D eigenvalue weighted by molar-refractivity contribution is 5.95. The van der Waals surface area contributed by atoms with Crippen molar-refractivity contribution in [1.82, 2.24) is 30.2 Å². The lowest BCUT2D eigenvalue weighted by atomic mass is 10.2. The molecule has 2 N–H and O–H groups in total. The van der Waals surface area contributed by atoms with Crippen molar-refractivity contribution in [2.75, 3.05) is 50.1 Å². The number of likely N-dealkylation sites (tertiary alicyclic amines) is 1. The number of nitrogens with zero attached hydrogens (tertiary/aromatic N) is 6. The van der Waals surface area contributed by atoms with Crippen LogP contribution in [0.3, 0.4) is 0 Å². The lowest BCUT2D eigenvalue weighted by molar-refractivity contribution is -0.118. The van der Waals surface area contributed by atoms with E-state index in [0.717, 1.165) is 24.3 Å². The number of likely N-dealkylation sites (N-methyl/N-ethyl adjacent to an activating group) is 1. The largest absolute Gasteiger partial charge is 0.480 e. The second-order valence-electron chi connectivity index (χ2n) is 9.69. The van der Waals surface area contributed by atoms with Gasteiger partial charge in [0.1, 0.15) is 23.7 Å². The van der Waals surface area contributed by atoms with Gasteiger partial charge in [-0.1, -0.05) is 0 Å². The molecule has 3 aliphatic heterocycles. The van der Waals surface area contributed by atoms with Gasteiger partial charge in [0.05, 0.1) is 24.6 Å². The minimum absolute atomic E-state index is 0.0511. The molecule has 3 aromatic rings. The molecular weight excluding hydrogens is 504 g/mol. The number of hydrogen-bond acceptors (Lipinski definition) is 11. The van der Waals surface area contributed by atoms with Crippen molar-refractivity contribution in [3.63, 3.8) is 0 Å². The Hall–Kier alpha value is -4.36. The number of carbonyl (C=O) groups is 2. The molecule has 0 aromatic carbocycles. The summed E-state index contributed by atoms with van der Waals surface area (Å²) in [5.41, 5.74) is 2.42. The van der Waals surface area contributed by atoms with E-state index < -0.39 is 6.09 Å². The minimum Gasteiger partial charge on any atom is -0.480 e. The molecule has 202 valence electrons. The fraction of sp³-hybridized carbons (Fsp3) is 0.385. The molecule has 13 nitrogen and oxygen atoms in total. The molecule has 6 heterocycles. The average molecular weight is 533 g/mol. The molecule has 2 amide bonds. The van der Waals surface area contributed by atoms with Crippen LogP contribution in [0.5, 0.6) is 11.6 Å². The van der Waals surface area contributed by atoms with Crippen LogP contribution in [0.25, 0.3) is 11.4 Å². The fourth-order valence-corrected chi connectivity index (χ4v) is 4.60. The maximum Gasteiger partial charge on any atom is 0.415 e. The van der Waals surface area contributed by atoms with Gasteiger partial charge in [0, 0.05) is 25.8 Å². The van der Waals surface area contributed by atoms with Crippen LogP contribution in [0.4, 0.5) is 16.4 Å². The van der Waals surface area contributed by atoms with E-state index in [1.54, 1.807) is 30.7 Å². The van der Waals surface area contributed by atoms with E-state index >= 15 is 0 Å². The van der Waals surface area contributed by atoms with Gasteiger partial charge in [-0.2, -0.15) is 0 Å². The van der Waals surface area contributed by atoms with Crippen LogP contribution in [0.2, 0.25) is 0 Å². The van der Waals surface area contributed by atoms with Crippen LogP contribution in [0.1, 0.15) is 12.0 Å². The van der Waals surface area contributed by atoms with Crippen LogP contribution in [0, 0.1) is 0 Å². The van der Waals surface area contributed by atoms with E-state index in [4.69, 9.17) is 14.2 Å². The van der Waals surface area contributed by atoms with E-state index in [0.29, 0.717) is 55.0 Å². The summed E-state index contributed by atoms with van der Waals surface area (Å²) in [5.74, 6) is 1.39. The van der Waals surface area contributed by atoms with Gasteiger partial charge < -0.3 is 24.8 Å². The van der Waals surface area contributed by atoms with Crippen LogP contribution < -0.4 is 25.0 Å². The molecule has 0 aliphatic carbocycles. The lowest BCUT2D eigenvalue weighted by Crippen LogP contribution is -2.51. The summed E-state index contributed by atoms with van der Waals surface area (Å²) in [4.78, 5) is 45.3. The Morgan fingerprint density at radius 3 is 2.90 bits per heavy atom. The molecule has 0 radical (unpaired) electrons. The molecule has 3 aliphatic rings. The number of ether oxygens (including phenoxy) is 3. The molecule has 3 aromatic heterocycles. The van der Waals surface area contributed by atoms with Crippen molar-refractivity contribution in [3.8, 4) is 23.0 Å². The number of carbonyl (C=O) groups excluding carboxylic acids is 2. The van der Waals surface area contributed by atoms with Crippen molar-refractivity contribution in [2.45, 2.75) is 25.2 Å². The Bertz CT molecular complexity index is 1380. The molecule has 0 saturated carbocycles. The first-order valence-electron chi connectivity index (χ1n) is 12.8. The molecule has 39 heavy (non-hydrogen) atoms. The summed E-state index contributed by atoms with van der Waals surface area (Å²) in [6.45, 7) is 3.33. The van der Waals surface area contributed by atoms with Crippen LogP contribution in [-0.2, 0) is 16.1 Å². The van der Waals surface area contributed by atoms with E-state index in [-0.39, 0.29) is 24.7 Å². The SMILES string of the molecule is CN1CC(Oc2cncc(-c3cc(CNCCC4CN(c5ccc6c(n5)NC(=O)CO6)C(=O)O4)ccn3)n2)C1. The molecule has 1 atom stereocenters. The molecule has 6 rings (SSSR count). The van der Waals surface area contributed by atoms with Gasteiger partial charge >= 0.3 is 6.09 Å². The Morgan fingerprint density at radius 2 is 2.03 bits per heavy atom. The highest BCUT2D eigenvalue weighted by Crippen LogP contribution is 2.30. The number of amides is 2. The fourth-order valence-electron chi connectivity index (χ4n) is 4.60. The van der Waals surface area contributed by atoms with Gasteiger partial charge in [-0.15, -0.1) is 0 Å². The first-order chi connectivity index (χ1) is 19.0. The monoisotopic (exact) mass is 532 g/mol. The van der Waals surface area contributed by atoms with Gasteiger partial charge in [-0.05, 0) is 49.8 Å². The van der Waals surface area contributed by atoms with Gasteiger partial charge in [0.2, 0.25) is 5.88 Å². The molecule has 0 spiro atoms. The summed E-state index contributed by atoms with van der Waals surface area (Å²) >= 11 is 0. The van der Waals surface area contributed by atoms with E-state index in [9.17, 15) is 9.59 Å². The number of fused-ring (bicyclic) bond motifs is 1. The van der Waals surface area contributed by atoms with Crippen molar-refractivity contribution < 1.29 is 23.8 Å². The predicted molar refractivity (Wildman–Crippen MR) is 139 cm³/mol. The zero-order valence-corrected chi connectivity index (χ0v) is 21.4. The maximum absolute atomic E-state index is 12.5. The van der Waals surface area contributed by atoms with E-state index in [1.807, 2.05) is 19.2 Å². The third-order valence-corrected chi connectivity index (χ3v) is 6.60. The topological polar surface area (TPSA) is 144 Å². The number of pyridine rings is 2. The Labute approximate surface area is 224 Å². The number of hydrogen-bond donors (Lipinski definition) is 2. The minimum atomic E-state index is -0.467.